The Morgan fingerprint density at radius 3 is 2.57 bits per heavy atom. The number of unbranched alkanes of at least 4 members (excludes halogenated alkanes) is 1. The van der Waals surface area contributed by atoms with Crippen LogP contribution in [0, 0.1) is 6.92 Å². The van der Waals surface area contributed by atoms with Crippen molar-refractivity contribution in [2.75, 3.05) is 6.54 Å². The summed E-state index contributed by atoms with van der Waals surface area (Å²) in [6.45, 7) is 9.12. The molecule has 0 fully saturated rings. The Kier molecular flexibility index (Phi) is 5.90. The van der Waals surface area contributed by atoms with E-state index in [2.05, 4.69) is 31.1 Å². The van der Waals surface area contributed by atoms with Crippen LogP contribution in [-0.2, 0) is 0 Å². The first-order valence-electron chi connectivity index (χ1n) is 8.37. The van der Waals surface area contributed by atoms with E-state index in [1.807, 2.05) is 36.1 Å². The molecule has 0 bridgehead atoms. The summed E-state index contributed by atoms with van der Waals surface area (Å²) in [5, 5.41) is 8.19. The van der Waals surface area contributed by atoms with Gasteiger partial charge in [-0.05, 0) is 38.8 Å². The summed E-state index contributed by atoms with van der Waals surface area (Å²) in [6, 6.07) is 8.19. The van der Waals surface area contributed by atoms with Gasteiger partial charge in [0, 0.05) is 12.6 Å². The van der Waals surface area contributed by atoms with Crippen LogP contribution in [0.3, 0.4) is 0 Å². The van der Waals surface area contributed by atoms with Crippen molar-refractivity contribution in [3.8, 4) is 5.69 Å². The predicted molar refractivity (Wildman–Crippen MR) is 91.8 cm³/mol. The molecule has 1 unspecified atom stereocenters. The highest BCUT2D eigenvalue weighted by Gasteiger charge is 2.22. The third-order valence-electron chi connectivity index (χ3n) is 4.15. The van der Waals surface area contributed by atoms with E-state index in [-0.39, 0.29) is 11.9 Å². The standard InChI is InChI=1S/C18H26N4O/c1-5-7-12-21(15(4)6-2)18(23)17-13-22(20-19-17)16-10-8-14(3)9-11-16/h8-11,13,15H,5-7,12H2,1-4H3. The van der Waals surface area contributed by atoms with Crippen molar-refractivity contribution in [2.24, 2.45) is 0 Å². The van der Waals surface area contributed by atoms with Gasteiger partial charge >= 0.3 is 0 Å². The van der Waals surface area contributed by atoms with Gasteiger partial charge in [-0.1, -0.05) is 43.2 Å². The monoisotopic (exact) mass is 314 g/mol. The Balaban J connectivity index is 2.19. The third-order valence-corrected chi connectivity index (χ3v) is 4.15. The van der Waals surface area contributed by atoms with Crippen LogP contribution in [0.25, 0.3) is 5.69 Å². The van der Waals surface area contributed by atoms with Crippen LogP contribution in [0.2, 0.25) is 0 Å². The van der Waals surface area contributed by atoms with Gasteiger partial charge in [0.25, 0.3) is 5.91 Å². The Bertz CT molecular complexity index is 633. The van der Waals surface area contributed by atoms with Crippen molar-refractivity contribution in [3.05, 3.63) is 41.7 Å². The quantitative estimate of drug-likeness (QED) is 0.784. The second-order valence-electron chi connectivity index (χ2n) is 5.99. The molecule has 0 saturated carbocycles. The summed E-state index contributed by atoms with van der Waals surface area (Å²) in [4.78, 5) is 14.7. The molecule has 0 N–H and O–H groups in total. The van der Waals surface area contributed by atoms with Gasteiger partial charge < -0.3 is 4.90 Å². The highest BCUT2D eigenvalue weighted by molar-refractivity contribution is 5.92. The number of hydrogen-bond acceptors (Lipinski definition) is 3. The van der Waals surface area contributed by atoms with E-state index >= 15 is 0 Å². The molecule has 0 saturated heterocycles. The van der Waals surface area contributed by atoms with E-state index in [1.54, 1.807) is 10.9 Å². The van der Waals surface area contributed by atoms with Gasteiger partial charge in [-0.15, -0.1) is 5.10 Å². The van der Waals surface area contributed by atoms with Crippen molar-refractivity contribution < 1.29 is 4.79 Å². The van der Waals surface area contributed by atoms with Gasteiger partial charge in [0.15, 0.2) is 5.69 Å². The smallest absolute Gasteiger partial charge is 0.276 e. The van der Waals surface area contributed by atoms with E-state index in [9.17, 15) is 4.79 Å². The summed E-state index contributed by atoms with van der Waals surface area (Å²) >= 11 is 0. The largest absolute Gasteiger partial charge is 0.335 e. The molecule has 0 aliphatic carbocycles. The number of benzene rings is 1. The summed E-state index contributed by atoms with van der Waals surface area (Å²) in [7, 11) is 0. The molecule has 5 nitrogen and oxygen atoms in total. The maximum Gasteiger partial charge on any atom is 0.276 e. The molecule has 5 heteroatoms. The van der Waals surface area contributed by atoms with E-state index < -0.39 is 0 Å². The number of rotatable bonds is 7. The van der Waals surface area contributed by atoms with Crippen molar-refractivity contribution in [1.82, 2.24) is 19.9 Å². The molecular weight excluding hydrogens is 288 g/mol. The number of amides is 1. The van der Waals surface area contributed by atoms with E-state index in [1.165, 1.54) is 5.56 Å². The number of carbonyl (C=O) groups is 1. The fraction of sp³-hybridized carbons (Fsp3) is 0.500. The van der Waals surface area contributed by atoms with Crippen LogP contribution >= 0.6 is 0 Å². The molecule has 124 valence electrons. The van der Waals surface area contributed by atoms with Gasteiger partial charge in [-0.3, -0.25) is 4.79 Å². The average Bonchev–Trinajstić information content (AvgIpc) is 3.05. The Hall–Kier alpha value is -2.17. The number of nitrogens with zero attached hydrogens (tertiary/aromatic N) is 4. The lowest BCUT2D eigenvalue weighted by Crippen LogP contribution is -2.39. The molecule has 2 rings (SSSR count). The molecule has 1 heterocycles. The maximum atomic E-state index is 12.8. The van der Waals surface area contributed by atoms with Gasteiger partial charge in [0.05, 0.1) is 11.9 Å². The van der Waals surface area contributed by atoms with E-state index in [0.29, 0.717) is 5.69 Å². The molecule has 1 atom stereocenters. The second kappa shape index (κ2) is 7.90. The van der Waals surface area contributed by atoms with Gasteiger partial charge in [-0.2, -0.15) is 0 Å². The normalized spacial score (nSPS) is 12.2. The zero-order valence-corrected chi connectivity index (χ0v) is 14.5. The molecule has 1 amide bonds. The van der Waals surface area contributed by atoms with Crippen LogP contribution in [0.15, 0.2) is 30.5 Å². The maximum absolute atomic E-state index is 12.8. The molecule has 0 spiro atoms. The zero-order valence-electron chi connectivity index (χ0n) is 14.5. The molecular formula is C18H26N4O. The molecule has 0 aliphatic heterocycles. The molecule has 1 aromatic carbocycles. The highest BCUT2D eigenvalue weighted by atomic mass is 16.2. The minimum atomic E-state index is -0.0360. The lowest BCUT2D eigenvalue weighted by Gasteiger charge is -2.27. The minimum absolute atomic E-state index is 0.0360. The lowest BCUT2D eigenvalue weighted by molar-refractivity contribution is 0.0679. The van der Waals surface area contributed by atoms with Crippen LogP contribution in [0.1, 0.15) is 56.1 Å². The fourth-order valence-electron chi connectivity index (χ4n) is 2.40. The molecule has 0 radical (unpaired) electrons. The SMILES string of the molecule is CCCCN(C(=O)c1cn(-c2ccc(C)cc2)nn1)C(C)CC. The Morgan fingerprint density at radius 2 is 1.96 bits per heavy atom. The number of aromatic nitrogens is 3. The first kappa shape index (κ1) is 17.2. The molecule has 0 aliphatic rings. The highest BCUT2D eigenvalue weighted by Crippen LogP contribution is 2.13. The van der Waals surface area contributed by atoms with Gasteiger partial charge in [0.2, 0.25) is 0 Å². The minimum Gasteiger partial charge on any atom is -0.335 e. The summed E-state index contributed by atoms with van der Waals surface area (Å²) in [5.41, 5.74) is 2.50. The average molecular weight is 314 g/mol. The van der Waals surface area contributed by atoms with Crippen LogP contribution in [-0.4, -0.2) is 38.4 Å². The summed E-state index contributed by atoms with van der Waals surface area (Å²) in [6.07, 6.45) is 4.72. The number of carbonyl (C=O) groups excluding carboxylic acids is 1. The summed E-state index contributed by atoms with van der Waals surface area (Å²) < 4.78 is 1.65. The van der Waals surface area contributed by atoms with Crippen molar-refractivity contribution in [3.63, 3.8) is 0 Å². The number of aryl methyl sites for hydroxylation is 1. The van der Waals surface area contributed by atoms with Gasteiger partial charge in [0.1, 0.15) is 0 Å². The van der Waals surface area contributed by atoms with Crippen molar-refractivity contribution in [1.29, 1.82) is 0 Å². The van der Waals surface area contributed by atoms with Crippen LogP contribution in [0.5, 0.6) is 0 Å². The second-order valence-corrected chi connectivity index (χ2v) is 5.99. The topological polar surface area (TPSA) is 51.0 Å². The van der Waals surface area contributed by atoms with E-state index in [4.69, 9.17) is 0 Å². The summed E-state index contributed by atoms with van der Waals surface area (Å²) in [5.74, 6) is -0.0360. The van der Waals surface area contributed by atoms with E-state index in [0.717, 1.165) is 31.5 Å². The first-order valence-corrected chi connectivity index (χ1v) is 8.37. The van der Waals surface area contributed by atoms with Crippen molar-refractivity contribution >= 4 is 5.91 Å². The van der Waals surface area contributed by atoms with Gasteiger partial charge in [-0.25, -0.2) is 4.68 Å². The molecule has 2 aromatic rings. The van der Waals surface area contributed by atoms with Crippen LogP contribution < -0.4 is 0 Å². The number of hydrogen-bond donors (Lipinski definition) is 0. The Morgan fingerprint density at radius 1 is 1.26 bits per heavy atom. The molecule has 1 aromatic heterocycles. The lowest BCUT2D eigenvalue weighted by atomic mass is 10.2. The molecule has 23 heavy (non-hydrogen) atoms. The first-order chi connectivity index (χ1) is 11.1. The Labute approximate surface area is 138 Å². The zero-order chi connectivity index (χ0) is 16.8. The van der Waals surface area contributed by atoms with Crippen LogP contribution in [0.4, 0.5) is 0 Å². The fourth-order valence-corrected chi connectivity index (χ4v) is 2.40. The van der Waals surface area contributed by atoms with Crippen molar-refractivity contribution in [2.45, 2.75) is 53.0 Å². The third kappa shape index (κ3) is 4.18. The predicted octanol–water partition coefficient (Wildman–Crippen LogP) is 3.62.